The van der Waals surface area contributed by atoms with Gasteiger partial charge in [0.15, 0.2) is 11.6 Å². The fourth-order valence-corrected chi connectivity index (χ4v) is 12.3. The number of rotatable bonds is 5. The summed E-state index contributed by atoms with van der Waals surface area (Å²) in [5, 5.41) is 3.34. The summed E-state index contributed by atoms with van der Waals surface area (Å²) in [6.45, 7) is 9.18. The summed E-state index contributed by atoms with van der Waals surface area (Å²) in [5.41, 5.74) is 14.9. The summed E-state index contributed by atoms with van der Waals surface area (Å²) in [6, 6.07) is 41.0. The highest BCUT2D eigenvalue weighted by molar-refractivity contribution is 6.14. The number of benzene rings is 5. The second-order valence-electron chi connectivity index (χ2n) is 17.3. The van der Waals surface area contributed by atoms with Gasteiger partial charge in [-0.2, -0.15) is 9.97 Å². The maximum atomic E-state index is 5.19. The van der Waals surface area contributed by atoms with Crippen molar-refractivity contribution in [2.24, 2.45) is 23.7 Å². The van der Waals surface area contributed by atoms with Crippen LogP contribution in [0, 0.1) is 30.6 Å². The van der Waals surface area contributed by atoms with Crippen molar-refractivity contribution in [1.82, 2.24) is 24.5 Å². The number of aryl methyl sites for hydroxylation is 1. The SMILES string of the molecule is C=CC1=C(C)C2(c3cc(C)c(-c4ccc5c(c4)c4cc6ncccc6cc4n5-c4nc(-c5ccccc5)nc(-c5ccccc5)n4)cc31)C1CC3CC(C1)CC2C3. The molecule has 0 N–H and O–H groups in total. The van der Waals surface area contributed by atoms with Crippen LogP contribution in [0.25, 0.3) is 78.1 Å². The van der Waals surface area contributed by atoms with Gasteiger partial charge < -0.3 is 0 Å². The van der Waals surface area contributed by atoms with Crippen molar-refractivity contribution in [2.75, 3.05) is 0 Å². The topological polar surface area (TPSA) is 56.5 Å². The molecule has 5 aliphatic rings. The molecular weight excluding hydrogens is 695 g/mol. The van der Waals surface area contributed by atoms with E-state index in [1.807, 2.05) is 48.7 Å². The zero-order valence-corrected chi connectivity index (χ0v) is 32.4. The van der Waals surface area contributed by atoms with Gasteiger partial charge in [0.1, 0.15) is 0 Å². The van der Waals surface area contributed by atoms with Crippen LogP contribution in [0.1, 0.15) is 55.7 Å². The normalized spacial score (nSPS) is 23.3. The molecule has 8 aromatic rings. The number of pyridine rings is 1. The van der Waals surface area contributed by atoms with Crippen LogP contribution in [0.5, 0.6) is 0 Å². The van der Waals surface area contributed by atoms with Crippen molar-refractivity contribution in [3.63, 3.8) is 0 Å². The Labute approximate surface area is 332 Å². The smallest absolute Gasteiger partial charge is 0.238 e. The molecule has 0 unspecified atom stereocenters. The van der Waals surface area contributed by atoms with Crippen molar-refractivity contribution < 1.29 is 0 Å². The van der Waals surface area contributed by atoms with Crippen molar-refractivity contribution in [3.8, 4) is 39.9 Å². The summed E-state index contributed by atoms with van der Waals surface area (Å²) in [7, 11) is 0. The minimum Gasteiger partial charge on any atom is -0.278 e. The van der Waals surface area contributed by atoms with Gasteiger partial charge >= 0.3 is 0 Å². The number of hydrogen-bond donors (Lipinski definition) is 0. The standard InChI is InChI=1S/C52H43N5/c1-4-40-31(3)52(38-22-32-21-33(24-38)25-39(52)23-32)45-20-30(2)41(28-42(40)45)36-17-18-47-43(26-36)44-29-46-37(16-11-19-53-46)27-48(44)57(47)51-55-49(34-12-7-5-8-13-34)54-50(56-51)35-14-9-6-10-15-35/h4-20,26-29,32-33,38-39H,1,21-25H2,2-3H3. The molecule has 0 amide bonds. The van der Waals surface area contributed by atoms with E-state index in [0.717, 1.165) is 67.5 Å². The lowest BCUT2D eigenvalue weighted by molar-refractivity contribution is -0.0420. The van der Waals surface area contributed by atoms with E-state index in [4.69, 9.17) is 19.9 Å². The van der Waals surface area contributed by atoms with Crippen LogP contribution in [0.15, 0.2) is 140 Å². The highest BCUT2D eigenvalue weighted by Crippen LogP contribution is 2.69. The van der Waals surface area contributed by atoms with Gasteiger partial charge in [-0.05, 0) is 139 Å². The zero-order valence-electron chi connectivity index (χ0n) is 32.4. The van der Waals surface area contributed by atoms with E-state index in [-0.39, 0.29) is 5.41 Å². The lowest BCUT2D eigenvalue weighted by Crippen LogP contribution is -2.55. The fourth-order valence-electron chi connectivity index (χ4n) is 12.3. The average molecular weight is 738 g/mol. The predicted octanol–water partition coefficient (Wildman–Crippen LogP) is 12.5. The Balaban J connectivity index is 1.07. The molecule has 5 nitrogen and oxygen atoms in total. The fraction of sp³-hybridized carbons (Fsp3) is 0.231. The second kappa shape index (κ2) is 12.1. The third-order valence-electron chi connectivity index (χ3n) is 14.4. The van der Waals surface area contributed by atoms with E-state index < -0.39 is 0 Å². The first kappa shape index (κ1) is 33.0. The molecule has 5 heteroatoms. The number of hydrogen-bond acceptors (Lipinski definition) is 4. The molecule has 4 saturated carbocycles. The molecule has 0 radical (unpaired) electrons. The highest BCUT2D eigenvalue weighted by Gasteiger charge is 2.61. The molecule has 5 aromatic carbocycles. The van der Waals surface area contributed by atoms with Crippen molar-refractivity contribution >= 4 is 38.3 Å². The van der Waals surface area contributed by atoms with Crippen LogP contribution in [0.2, 0.25) is 0 Å². The summed E-state index contributed by atoms with van der Waals surface area (Å²) >= 11 is 0. The van der Waals surface area contributed by atoms with E-state index in [1.165, 1.54) is 59.9 Å². The Morgan fingerprint density at radius 1 is 0.632 bits per heavy atom. The summed E-state index contributed by atoms with van der Waals surface area (Å²) < 4.78 is 2.22. The molecule has 0 atom stereocenters. The Morgan fingerprint density at radius 2 is 1.30 bits per heavy atom. The monoisotopic (exact) mass is 737 g/mol. The lowest BCUT2D eigenvalue weighted by atomic mass is 9.43. The van der Waals surface area contributed by atoms with Crippen LogP contribution in [0.4, 0.5) is 0 Å². The lowest BCUT2D eigenvalue weighted by Gasteiger charge is -2.61. The molecule has 1 spiro atoms. The maximum absolute atomic E-state index is 5.19. The predicted molar refractivity (Wildman–Crippen MR) is 232 cm³/mol. The van der Waals surface area contributed by atoms with Crippen LogP contribution < -0.4 is 0 Å². The molecule has 4 fully saturated rings. The Bertz CT molecular complexity index is 2920. The van der Waals surface area contributed by atoms with Gasteiger partial charge in [-0.1, -0.05) is 97.1 Å². The molecule has 57 heavy (non-hydrogen) atoms. The third kappa shape index (κ3) is 4.69. The van der Waals surface area contributed by atoms with E-state index in [2.05, 4.69) is 104 Å². The van der Waals surface area contributed by atoms with Crippen molar-refractivity contribution in [1.29, 1.82) is 0 Å². The van der Waals surface area contributed by atoms with Crippen molar-refractivity contribution in [2.45, 2.75) is 51.4 Å². The number of aromatic nitrogens is 5. The second-order valence-corrected chi connectivity index (χ2v) is 17.3. The quantitative estimate of drug-likeness (QED) is 0.176. The minimum atomic E-state index is 0.169. The Kier molecular flexibility index (Phi) is 7.03. The van der Waals surface area contributed by atoms with Gasteiger partial charge in [0.25, 0.3) is 0 Å². The Hall–Kier alpha value is -6.20. The summed E-state index contributed by atoms with van der Waals surface area (Å²) in [6.07, 6.45) is 11.1. The zero-order chi connectivity index (χ0) is 38.0. The first-order valence-electron chi connectivity index (χ1n) is 20.7. The molecule has 276 valence electrons. The summed E-state index contributed by atoms with van der Waals surface area (Å²) in [4.78, 5) is 20.2. The molecule has 3 heterocycles. The largest absolute Gasteiger partial charge is 0.278 e. The first-order chi connectivity index (χ1) is 28.0. The van der Waals surface area contributed by atoms with Gasteiger partial charge in [-0.3, -0.25) is 9.55 Å². The van der Waals surface area contributed by atoms with Gasteiger partial charge in [-0.15, -0.1) is 0 Å². The summed E-state index contributed by atoms with van der Waals surface area (Å²) in [5.74, 6) is 5.22. The van der Waals surface area contributed by atoms with Crippen LogP contribution in [-0.4, -0.2) is 24.5 Å². The molecule has 4 bridgehead atoms. The number of fused-ring (bicyclic) bond motifs is 5. The van der Waals surface area contributed by atoms with Gasteiger partial charge in [0.2, 0.25) is 5.95 Å². The molecule has 5 aliphatic carbocycles. The molecule has 13 rings (SSSR count). The Morgan fingerprint density at radius 3 is 1.96 bits per heavy atom. The minimum absolute atomic E-state index is 0.169. The van der Waals surface area contributed by atoms with E-state index in [9.17, 15) is 0 Å². The van der Waals surface area contributed by atoms with Crippen molar-refractivity contribution in [3.05, 3.63) is 156 Å². The van der Waals surface area contributed by atoms with Crippen LogP contribution >= 0.6 is 0 Å². The molecule has 3 aromatic heterocycles. The molecule has 0 aliphatic heterocycles. The van der Waals surface area contributed by atoms with Gasteiger partial charge in [0.05, 0.1) is 16.6 Å². The van der Waals surface area contributed by atoms with Crippen LogP contribution in [0.3, 0.4) is 0 Å². The molecule has 0 saturated heterocycles. The van der Waals surface area contributed by atoms with E-state index >= 15 is 0 Å². The van der Waals surface area contributed by atoms with Gasteiger partial charge in [-0.25, -0.2) is 4.98 Å². The third-order valence-corrected chi connectivity index (χ3v) is 14.4. The van der Waals surface area contributed by atoms with Gasteiger partial charge in [0, 0.05) is 38.9 Å². The van der Waals surface area contributed by atoms with Crippen LogP contribution in [-0.2, 0) is 5.41 Å². The first-order valence-corrected chi connectivity index (χ1v) is 20.7. The number of nitrogens with zero attached hydrogens (tertiary/aromatic N) is 5. The van der Waals surface area contributed by atoms with E-state index in [0.29, 0.717) is 17.6 Å². The van der Waals surface area contributed by atoms with E-state index in [1.54, 1.807) is 11.1 Å². The highest BCUT2D eigenvalue weighted by atomic mass is 15.2. The maximum Gasteiger partial charge on any atom is 0.238 e. The molecular formula is C52H43N5. The number of allylic oxidation sites excluding steroid dienone is 3. The average Bonchev–Trinajstić information content (AvgIpc) is 3.68.